The van der Waals surface area contributed by atoms with Gasteiger partial charge in [-0.15, -0.1) is 16.9 Å². The molecule has 3 rings (SSSR count). The van der Waals surface area contributed by atoms with Crippen molar-refractivity contribution in [3.8, 4) is 23.3 Å². The lowest BCUT2D eigenvalue weighted by Gasteiger charge is -2.06. The number of Topliss-reactive ketones (excluding diaryl/α,β-unsaturated/α-hetero) is 1. The third-order valence-corrected chi connectivity index (χ3v) is 4.76. The molecule has 0 radical (unpaired) electrons. The van der Waals surface area contributed by atoms with Gasteiger partial charge in [0.25, 0.3) is 0 Å². The molecule has 0 N–H and O–H groups in total. The molecule has 1 aromatic carbocycles. The molecule has 2 aromatic rings. The van der Waals surface area contributed by atoms with Gasteiger partial charge in [0.15, 0.2) is 23.0 Å². The summed E-state index contributed by atoms with van der Waals surface area (Å²) in [5.74, 6) is 8.99. The summed E-state index contributed by atoms with van der Waals surface area (Å²) in [6.07, 6.45) is 0.563. The lowest BCUT2D eigenvalue weighted by molar-refractivity contribution is -0.114. The van der Waals surface area contributed by atoms with Crippen LogP contribution in [-0.4, -0.2) is 36.5 Å². The lowest BCUT2D eigenvalue weighted by Crippen LogP contribution is -2.03. The van der Waals surface area contributed by atoms with Crippen LogP contribution in [0.5, 0.6) is 11.5 Å². The number of furan rings is 1. The van der Waals surface area contributed by atoms with E-state index in [0.717, 1.165) is 16.3 Å². The van der Waals surface area contributed by atoms with E-state index in [9.17, 15) is 4.79 Å². The molecule has 0 atom stereocenters. The Kier molecular flexibility index (Phi) is 5.99. The number of carbonyl (C=O) groups excluding carboxylic acids is 1. The van der Waals surface area contributed by atoms with Crippen LogP contribution in [0.15, 0.2) is 45.0 Å². The fraction of sp³-hybridized carbons (Fsp3) is 0.250. The highest BCUT2D eigenvalue weighted by Crippen LogP contribution is 2.27. The SMILES string of the molecule is COc1ccc(C#Cc2ccc(C3=NN=C(SCC(C)=O)C3)o2)cc1OC. The predicted molar refractivity (Wildman–Crippen MR) is 106 cm³/mol. The highest BCUT2D eigenvalue weighted by molar-refractivity contribution is 8.14. The van der Waals surface area contributed by atoms with Crippen molar-refractivity contribution in [1.29, 1.82) is 0 Å². The fourth-order valence-corrected chi connectivity index (χ4v) is 3.05. The molecule has 1 aliphatic rings. The normalized spacial score (nSPS) is 12.7. The molecule has 0 saturated heterocycles. The summed E-state index contributed by atoms with van der Waals surface area (Å²) in [6.45, 7) is 1.56. The van der Waals surface area contributed by atoms with Crippen molar-refractivity contribution in [2.75, 3.05) is 20.0 Å². The maximum absolute atomic E-state index is 11.1. The van der Waals surface area contributed by atoms with Crippen molar-refractivity contribution < 1.29 is 18.7 Å². The Balaban J connectivity index is 1.66. The van der Waals surface area contributed by atoms with Crippen molar-refractivity contribution in [3.05, 3.63) is 47.4 Å². The van der Waals surface area contributed by atoms with Gasteiger partial charge in [-0.25, -0.2) is 0 Å². The number of ether oxygens (including phenoxy) is 2. The lowest BCUT2D eigenvalue weighted by atomic mass is 10.2. The summed E-state index contributed by atoms with van der Waals surface area (Å²) in [4.78, 5) is 11.1. The van der Waals surface area contributed by atoms with Gasteiger partial charge in [0, 0.05) is 12.0 Å². The van der Waals surface area contributed by atoms with Crippen LogP contribution in [0, 0.1) is 11.8 Å². The summed E-state index contributed by atoms with van der Waals surface area (Å²) >= 11 is 1.41. The molecule has 7 heteroatoms. The molecule has 2 heterocycles. The maximum atomic E-state index is 11.1. The second-order valence-corrected chi connectivity index (χ2v) is 6.74. The highest BCUT2D eigenvalue weighted by Gasteiger charge is 2.18. The molecule has 1 aliphatic heterocycles. The van der Waals surface area contributed by atoms with E-state index < -0.39 is 0 Å². The average Bonchev–Trinajstić information content (AvgIpc) is 3.33. The molecule has 6 nitrogen and oxygen atoms in total. The molecular formula is C20H18N2O4S. The van der Waals surface area contributed by atoms with Crippen LogP contribution < -0.4 is 9.47 Å². The number of thioether (sulfide) groups is 1. The van der Waals surface area contributed by atoms with Crippen molar-refractivity contribution in [1.82, 2.24) is 0 Å². The van der Waals surface area contributed by atoms with E-state index in [-0.39, 0.29) is 5.78 Å². The Labute approximate surface area is 161 Å². The van der Waals surface area contributed by atoms with Crippen molar-refractivity contribution in [2.24, 2.45) is 10.2 Å². The maximum Gasteiger partial charge on any atom is 0.177 e. The van der Waals surface area contributed by atoms with E-state index in [1.54, 1.807) is 33.3 Å². The monoisotopic (exact) mass is 382 g/mol. The Morgan fingerprint density at radius 1 is 1.15 bits per heavy atom. The molecule has 0 fully saturated rings. The predicted octanol–water partition coefficient (Wildman–Crippen LogP) is 3.53. The average molecular weight is 382 g/mol. The largest absolute Gasteiger partial charge is 0.493 e. The number of carbonyl (C=O) groups is 1. The summed E-state index contributed by atoms with van der Waals surface area (Å²) in [6, 6.07) is 9.09. The summed E-state index contributed by atoms with van der Waals surface area (Å²) in [5.41, 5.74) is 1.52. The Morgan fingerprint density at radius 3 is 2.70 bits per heavy atom. The standard InChI is InChI=1S/C20H18N2O4S/c1-13(23)12-27-20-11-16(21-22-20)17-9-7-15(26-17)6-4-14-5-8-18(24-2)19(10-14)25-3/h5,7-10H,11-12H2,1-3H3. The first-order valence-electron chi connectivity index (χ1n) is 8.19. The summed E-state index contributed by atoms with van der Waals surface area (Å²) in [5, 5.41) is 9.05. The van der Waals surface area contributed by atoms with Gasteiger partial charge < -0.3 is 13.9 Å². The van der Waals surface area contributed by atoms with Crippen LogP contribution in [0.4, 0.5) is 0 Å². The smallest absolute Gasteiger partial charge is 0.177 e. The van der Waals surface area contributed by atoms with Gasteiger partial charge in [-0.1, -0.05) is 5.92 Å². The minimum Gasteiger partial charge on any atom is -0.493 e. The van der Waals surface area contributed by atoms with Gasteiger partial charge in [0.2, 0.25) is 0 Å². The number of hydrogen-bond donors (Lipinski definition) is 0. The quantitative estimate of drug-likeness (QED) is 0.740. The first-order valence-corrected chi connectivity index (χ1v) is 9.17. The van der Waals surface area contributed by atoms with Crippen LogP contribution in [-0.2, 0) is 4.79 Å². The van der Waals surface area contributed by atoms with Gasteiger partial charge in [0.1, 0.15) is 16.5 Å². The van der Waals surface area contributed by atoms with E-state index in [4.69, 9.17) is 13.9 Å². The van der Waals surface area contributed by atoms with Gasteiger partial charge in [-0.05, 0) is 43.2 Å². The van der Waals surface area contributed by atoms with Gasteiger partial charge in [0.05, 0.1) is 20.0 Å². The van der Waals surface area contributed by atoms with Crippen molar-refractivity contribution in [3.63, 3.8) is 0 Å². The topological polar surface area (TPSA) is 73.4 Å². The van der Waals surface area contributed by atoms with E-state index in [1.807, 2.05) is 18.2 Å². The summed E-state index contributed by atoms with van der Waals surface area (Å²) < 4.78 is 16.2. The number of rotatable bonds is 5. The number of methoxy groups -OCH3 is 2. The van der Waals surface area contributed by atoms with Crippen LogP contribution in [0.25, 0.3) is 0 Å². The van der Waals surface area contributed by atoms with E-state index in [1.165, 1.54) is 11.8 Å². The van der Waals surface area contributed by atoms with E-state index >= 15 is 0 Å². The van der Waals surface area contributed by atoms with E-state index in [0.29, 0.717) is 35.2 Å². The fourth-order valence-electron chi connectivity index (χ4n) is 2.34. The third kappa shape index (κ3) is 4.80. The van der Waals surface area contributed by atoms with Gasteiger partial charge in [-0.3, -0.25) is 4.79 Å². The molecule has 0 amide bonds. The Bertz CT molecular complexity index is 979. The van der Waals surface area contributed by atoms with Crippen LogP contribution in [0.3, 0.4) is 0 Å². The van der Waals surface area contributed by atoms with Gasteiger partial charge >= 0.3 is 0 Å². The van der Waals surface area contributed by atoms with Crippen molar-refractivity contribution in [2.45, 2.75) is 13.3 Å². The third-order valence-electron chi connectivity index (χ3n) is 3.65. The minimum absolute atomic E-state index is 0.113. The zero-order valence-electron chi connectivity index (χ0n) is 15.2. The van der Waals surface area contributed by atoms with E-state index in [2.05, 4.69) is 22.0 Å². The molecular weight excluding hydrogens is 364 g/mol. The second kappa shape index (κ2) is 8.60. The molecule has 0 unspecified atom stereocenters. The molecule has 0 saturated carbocycles. The summed E-state index contributed by atoms with van der Waals surface area (Å²) in [7, 11) is 3.17. The number of benzene rings is 1. The number of ketones is 1. The Morgan fingerprint density at radius 2 is 1.96 bits per heavy atom. The van der Waals surface area contributed by atoms with Crippen LogP contribution >= 0.6 is 11.8 Å². The van der Waals surface area contributed by atoms with Gasteiger partial charge in [-0.2, -0.15) is 5.10 Å². The zero-order chi connectivity index (χ0) is 19.2. The molecule has 1 aromatic heterocycles. The molecule has 0 bridgehead atoms. The molecule has 0 aliphatic carbocycles. The van der Waals surface area contributed by atoms with Crippen LogP contribution in [0.1, 0.15) is 30.4 Å². The van der Waals surface area contributed by atoms with Crippen LogP contribution in [0.2, 0.25) is 0 Å². The first-order chi connectivity index (χ1) is 13.1. The number of nitrogens with zero attached hydrogens (tertiary/aromatic N) is 2. The van der Waals surface area contributed by atoms with Crippen molar-refractivity contribution >= 4 is 28.3 Å². The minimum atomic E-state index is 0.113. The molecule has 138 valence electrons. The highest BCUT2D eigenvalue weighted by atomic mass is 32.2. The first kappa shape index (κ1) is 18.8. The molecule has 0 spiro atoms. The zero-order valence-corrected chi connectivity index (χ0v) is 16.1. The number of hydrogen-bond acceptors (Lipinski definition) is 7. The second-order valence-electron chi connectivity index (χ2n) is 5.69. The Hall–Kier alpha value is -2.98. The molecule has 27 heavy (non-hydrogen) atoms.